The maximum Gasteiger partial charge on any atom is 0.408 e. The highest BCUT2D eigenvalue weighted by Gasteiger charge is 2.33. The molecule has 1 heterocycles. The van der Waals surface area contributed by atoms with E-state index in [2.05, 4.69) is 36.6 Å². The Bertz CT molecular complexity index is 732. The van der Waals surface area contributed by atoms with Gasteiger partial charge >= 0.3 is 12.1 Å². The van der Waals surface area contributed by atoms with Gasteiger partial charge in [0, 0.05) is 13.6 Å². The van der Waals surface area contributed by atoms with Gasteiger partial charge in [0.15, 0.2) is 0 Å². The maximum atomic E-state index is 12.0. The molecule has 0 spiro atoms. The van der Waals surface area contributed by atoms with E-state index in [1.54, 1.807) is 27.8 Å². The second-order valence-electron chi connectivity index (χ2n) is 10.5. The van der Waals surface area contributed by atoms with Gasteiger partial charge in [-0.1, -0.05) is 45.8 Å². The molecule has 1 aliphatic heterocycles. The maximum absolute atomic E-state index is 12.0. The van der Waals surface area contributed by atoms with Crippen molar-refractivity contribution < 1.29 is 28.7 Å². The minimum absolute atomic E-state index is 0.00485. The summed E-state index contributed by atoms with van der Waals surface area (Å²) in [6, 6.07) is -0.437. The summed E-state index contributed by atoms with van der Waals surface area (Å²) in [4.78, 5) is 48.1. The molecule has 1 aliphatic rings. The largest absolute Gasteiger partial charge is 0.466 e. The number of nitrogens with one attached hydrogen (secondary N) is 2. The summed E-state index contributed by atoms with van der Waals surface area (Å²) < 4.78 is 10.0. The molecule has 0 radical (unpaired) electrons. The standard InChI is InChI=1S/C15H28O2.C13H23N3O4/c1-5-7-8-9-10-11-13(3)12-14(4)15(16)17-6-2;1-13(2,3)20-12(19)15-8-10(17)16-7-5-6-9(16)11(18)14-4/h10-11,13-14H,5-9,12H2,1-4H3;9H,5-8H2,1-4H3,(H,14,18)(H,15,19)/b11-10-;. The van der Waals surface area contributed by atoms with Crippen molar-refractivity contribution in [1.29, 1.82) is 0 Å². The Morgan fingerprint density at radius 1 is 1.11 bits per heavy atom. The molecule has 0 aliphatic carbocycles. The number of likely N-dealkylation sites (tertiary alicyclic amines) is 1. The van der Waals surface area contributed by atoms with Gasteiger partial charge in [-0.05, 0) is 65.7 Å². The van der Waals surface area contributed by atoms with Gasteiger partial charge < -0.3 is 25.0 Å². The lowest BCUT2D eigenvalue weighted by Crippen LogP contribution is -2.48. The van der Waals surface area contributed by atoms with Crippen molar-refractivity contribution in [3.8, 4) is 0 Å². The number of ether oxygens (including phenoxy) is 2. The summed E-state index contributed by atoms with van der Waals surface area (Å²) in [5.74, 6) is -0.0601. The Labute approximate surface area is 224 Å². The monoisotopic (exact) mass is 525 g/mol. The summed E-state index contributed by atoms with van der Waals surface area (Å²) in [5, 5.41) is 4.95. The number of amides is 3. The van der Waals surface area contributed by atoms with Crippen molar-refractivity contribution in [1.82, 2.24) is 15.5 Å². The van der Waals surface area contributed by atoms with Crippen LogP contribution in [0, 0.1) is 11.8 Å². The van der Waals surface area contributed by atoms with Crippen LogP contribution in [0.1, 0.15) is 93.4 Å². The Hall–Kier alpha value is -2.58. The molecule has 3 atom stereocenters. The van der Waals surface area contributed by atoms with Crippen LogP contribution in [0.3, 0.4) is 0 Å². The highest BCUT2D eigenvalue weighted by atomic mass is 16.6. The van der Waals surface area contributed by atoms with Crippen LogP contribution < -0.4 is 10.6 Å². The molecule has 1 fully saturated rings. The third-order valence-electron chi connectivity index (χ3n) is 5.76. The van der Waals surface area contributed by atoms with Crippen molar-refractivity contribution in [3.05, 3.63) is 12.2 Å². The first-order valence-electron chi connectivity index (χ1n) is 13.7. The number of esters is 1. The van der Waals surface area contributed by atoms with E-state index in [-0.39, 0.29) is 30.2 Å². The van der Waals surface area contributed by atoms with Crippen LogP contribution in [0.4, 0.5) is 4.79 Å². The number of rotatable bonds is 12. The predicted molar refractivity (Wildman–Crippen MR) is 146 cm³/mol. The van der Waals surface area contributed by atoms with Crippen LogP contribution in [0.25, 0.3) is 0 Å². The Morgan fingerprint density at radius 2 is 1.78 bits per heavy atom. The fourth-order valence-corrected chi connectivity index (χ4v) is 3.93. The highest BCUT2D eigenvalue weighted by molar-refractivity contribution is 5.89. The Morgan fingerprint density at radius 3 is 2.35 bits per heavy atom. The van der Waals surface area contributed by atoms with Crippen LogP contribution in [0.5, 0.6) is 0 Å². The molecule has 1 rings (SSSR count). The van der Waals surface area contributed by atoms with E-state index in [9.17, 15) is 19.2 Å². The van der Waals surface area contributed by atoms with Crippen molar-refractivity contribution >= 4 is 23.9 Å². The van der Waals surface area contributed by atoms with Crippen molar-refractivity contribution in [2.75, 3.05) is 26.7 Å². The zero-order valence-corrected chi connectivity index (χ0v) is 24.4. The van der Waals surface area contributed by atoms with Gasteiger partial charge in [-0.2, -0.15) is 0 Å². The number of nitrogens with zero attached hydrogens (tertiary/aromatic N) is 1. The van der Waals surface area contributed by atoms with Crippen molar-refractivity contribution in [3.63, 3.8) is 0 Å². The topological polar surface area (TPSA) is 114 Å². The average molecular weight is 526 g/mol. The second-order valence-corrected chi connectivity index (χ2v) is 10.5. The molecule has 0 saturated carbocycles. The van der Waals surface area contributed by atoms with Crippen LogP contribution in [0.15, 0.2) is 12.2 Å². The minimum atomic E-state index is -0.637. The first-order chi connectivity index (χ1) is 17.4. The van der Waals surface area contributed by atoms with Crippen molar-refractivity contribution in [2.45, 2.75) is 105 Å². The molecule has 37 heavy (non-hydrogen) atoms. The summed E-state index contributed by atoms with van der Waals surface area (Å²) in [5.41, 5.74) is -0.606. The summed E-state index contributed by atoms with van der Waals surface area (Å²) in [7, 11) is 1.54. The lowest BCUT2D eigenvalue weighted by molar-refractivity contribution is -0.147. The van der Waals surface area contributed by atoms with E-state index in [1.165, 1.54) is 24.2 Å². The molecule has 9 heteroatoms. The first kappa shape index (κ1) is 34.4. The third-order valence-corrected chi connectivity index (χ3v) is 5.76. The molecule has 0 aromatic carbocycles. The van der Waals surface area contributed by atoms with E-state index < -0.39 is 17.7 Å². The number of carbonyl (C=O) groups is 4. The zero-order valence-electron chi connectivity index (χ0n) is 24.4. The van der Waals surface area contributed by atoms with Crippen LogP contribution in [0.2, 0.25) is 0 Å². The van der Waals surface area contributed by atoms with Crippen LogP contribution in [-0.4, -0.2) is 67.2 Å². The molecule has 3 unspecified atom stereocenters. The molecule has 0 aromatic heterocycles. The van der Waals surface area contributed by atoms with Gasteiger partial charge in [0.25, 0.3) is 0 Å². The molecule has 3 amide bonds. The second kappa shape index (κ2) is 18.6. The first-order valence-corrected chi connectivity index (χ1v) is 13.7. The van der Waals surface area contributed by atoms with Gasteiger partial charge in [0.1, 0.15) is 18.2 Å². The van der Waals surface area contributed by atoms with Gasteiger partial charge in [0.05, 0.1) is 12.5 Å². The quantitative estimate of drug-likeness (QED) is 0.219. The van der Waals surface area contributed by atoms with Gasteiger partial charge in [-0.15, -0.1) is 0 Å². The van der Waals surface area contributed by atoms with Gasteiger partial charge in [0.2, 0.25) is 11.8 Å². The molecule has 214 valence electrons. The number of unbranched alkanes of at least 4 members (excludes halogenated alkanes) is 3. The number of alkyl carbamates (subject to hydrolysis) is 1. The predicted octanol–water partition coefficient (Wildman–Crippen LogP) is 4.60. The number of allylic oxidation sites excluding steroid dienone is 2. The number of hydrogen-bond donors (Lipinski definition) is 2. The number of hydrogen-bond acceptors (Lipinski definition) is 6. The van der Waals surface area contributed by atoms with Crippen LogP contribution in [-0.2, 0) is 23.9 Å². The fraction of sp³-hybridized carbons (Fsp3) is 0.786. The average Bonchev–Trinajstić information content (AvgIpc) is 3.31. The molecule has 1 saturated heterocycles. The molecule has 9 nitrogen and oxygen atoms in total. The molecule has 2 N–H and O–H groups in total. The van der Waals surface area contributed by atoms with E-state index in [0.717, 1.165) is 19.3 Å². The highest BCUT2D eigenvalue weighted by Crippen LogP contribution is 2.17. The van der Waals surface area contributed by atoms with E-state index in [0.29, 0.717) is 25.5 Å². The lowest BCUT2D eigenvalue weighted by atomic mass is 9.96. The van der Waals surface area contributed by atoms with E-state index in [4.69, 9.17) is 9.47 Å². The zero-order chi connectivity index (χ0) is 28.4. The molecule has 0 bridgehead atoms. The Kier molecular flexibility index (Phi) is 17.3. The van der Waals surface area contributed by atoms with E-state index >= 15 is 0 Å². The number of carbonyl (C=O) groups excluding carboxylic acids is 4. The Balaban J connectivity index is 0.000000712. The summed E-state index contributed by atoms with van der Waals surface area (Å²) in [6.45, 7) is 14.3. The van der Waals surface area contributed by atoms with Gasteiger partial charge in [-0.25, -0.2) is 4.79 Å². The van der Waals surface area contributed by atoms with Crippen LogP contribution >= 0.6 is 0 Å². The number of likely N-dealkylation sites (N-methyl/N-ethyl adjacent to an activating group) is 1. The minimum Gasteiger partial charge on any atom is -0.466 e. The summed E-state index contributed by atoms with van der Waals surface area (Å²) in [6.07, 6.45) is 11.2. The molecular weight excluding hydrogens is 474 g/mol. The smallest absolute Gasteiger partial charge is 0.408 e. The summed E-state index contributed by atoms with van der Waals surface area (Å²) >= 11 is 0. The lowest BCUT2D eigenvalue weighted by Gasteiger charge is -2.24. The van der Waals surface area contributed by atoms with Gasteiger partial charge in [-0.3, -0.25) is 14.4 Å². The van der Waals surface area contributed by atoms with E-state index in [1.807, 2.05) is 13.8 Å². The fourth-order valence-electron chi connectivity index (χ4n) is 3.93. The SMILES string of the molecule is CCCCC/C=C\C(C)CC(C)C(=O)OCC.CNC(=O)C1CCCN1C(=O)CNC(=O)OC(C)(C)C. The molecular formula is C28H51N3O6. The third kappa shape index (κ3) is 16.0. The van der Waals surface area contributed by atoms with Crippen molar-refractivity contribution in [2.24, 2.45) is 11.8 Å². The molecule has 0 aromatic rings. The normalized spacial score (nSPS) is 16.9.